The van der Waals surface area contributed by atoms with E-state index >= 15 is 0 Å². The van der Waals surface area contributed by atoms with Crippen LogP contribution in [0.15, 0.2) is 24.5 Å². The van der Waals surface area contributed by atoms with Gasteiger partial charge in [0.2, 0.25) is 5.88 Å². The number of methoxy groups -OCH3 is 1. The highest BCUT2D eigenvalue weighted by atomic mass is 16.5. The number of aromatic nitrogens is 3. The van der Waals surface area contributed by atoms with Crippen molar-refractivity contribution in [2.24, 2.45) is 7.05 Å². The molecule has 2 aromatic heterocycles. The molecule has 0 saturated heterocycles. The summed E-state index contributed by atoms with van der Waals surface area (Å²) < 4.78 is 7.04. The van der Waals surface area contributed by atoms with Gasteiger partial charge in [0.15, 0.2) is 0 Å². The van der Waals surface area contributed by atoms with Crippen LogP contribution < -0.4 is 10.1 Å². The monoisotopic (exact) mass is 246 g/mol. The van der Waals surface area contributed by atoms with Crippen LogP contribution in [-0.4, -0.2) is 21.9 Å². The summed E-state index contributed by atoms with van der Waals surface area (Å²) in [7, 11) is 3.57. The summed E-state index contributed by atoms with van der Waals surface area (Å²) in [5.41, 5.74) is 3.32. The average Bonchev–Trinajstić information content (AvgIpc) is 2.68. The van der Waals surface area contributed by atoms with Crippen LogP contribution in [0.25, 0.3) is 0 Å². The van der Waals surface area contributed by atoms with Crippen LogP contribution in [0, 0.1) is 6.92 Å². The average molecular weight is 246 g/mol. The van der Waals surface area contributed by atoms with Crippen LogP contribution in [0.5, 0.6) is 5.88 Å². The second kappa shape index (κ2) is 5.64. The van der Waals surface area contributed by atoms with Gasteiger partial charge in [0.25, 0.3) is 0 Å². The number of rotatable bonds is 5. The van der Waals surface area contributed by atoms with Gasteiger partial charge in [0.05, 0.1) is 12.8 Å². The standard InChI is InChI=1S/C13H18N4O/c1-10-12(9-17(2)16-10)8-14-7-11-5-4-6-15-13(11)18-3/h4-6,9,14H,7-8H2,1-3H3. The molecule has 2 aromatic rings. The minimum absolute atomic E-state index is 0.674. The molecule has 0 aliphatic heterocycles. The van der Waals surface area contributed by atoms with Crippen LogP contribution in [0.4, 0.5) is 0 Å². The molecule has 0 aliphatic rings. The van der Waals surface area contributed by atoms with E-state index in [0.29, 0.717) is 5.88 Å². The number of aryl methyl sites for hydroxylation is 2. The van der Waals surface area contributed by atoms with E-state index in [9.17, 15) is 0 Å². The number of ether oxygens (including phenoxy) is 1. The Morgan fingerprint density at radius 3 is 2.78 bits per heavy atom. The number of hydrogen-bond acceptors (Lipinski definition) is 4. The maximum absolute atomic E-state index is 5.21. The van der Waals surface area contributed by atoms with Gasteiger partial charge in [-0.1, -0.05) is 6.07 Å². The first-order valence-electron chi connectivity index (χ1n) is 5.88. The molecule has 5 heteroatoms. The second-order valence-corrected chi connectivity index (χ2v) is 4.19. The predicted octanol–water partition coefficient (Wildman–Crippen LogP) is 1.42. The Labute approximate surface area is 107 Å². The Balaban J connectivity index is 1.94. The quantitative estimate of drug-likeness (QED) is 0.867. The van der Waals surface area contributed by atoms with Gasteiger partial charge >= 0.3 is 0 Å². The third-order valence-corrected chi connectivity index (χ3v) is 2.79. The van der Waals surface area contributed by atoms with Gasteiger partial charge < -0.3 is 10.1 Å². The van der Waals surface area contributed by atoms with Crippen molar-refractivity contribution in [2.45, 2.75) is 20.0 Å². The second-order valence-electron chi connectivity index (χ2n) is 4.19. The van der Waals surface area contributed by atoms with Gasteiger partial charge in [0, 0.05) is 43.7 Å². The zero-order valence-electron chi connectivity index (χ0n) is 11.0. The van der Waals surface area contributed by atoms with Gasteiger partial charge in [-0.05, 0) is 13.0 Å². The van der Waals surface area contributed by atoms with Crippen LogP contribution in [0.3, 0.4) is 0 Å². The molecule has 0 saturated carbocycles. The highest BCUT2D eigenvalue weighted by Crippen LogP contribution is 2.13. The summed E-state index contributed by atoms with van der Waals surface area (Å²) in [5.74, 6) is 0.674. The minimum atomic E-state index is 0.674. The molecule has 2 rings (SSSR count). The van der Waals surface area contributed by atoms with Gasteiger partial charge in [-0.25, -0.2) is 4.98 Å². The smallest absolute Gasteiger partial charge is 0.217 e. The Bertz CT molecular complexity index is 521. The maximum atomic E-state index is 5.21. The number of hydrogen-bond donors (Lipinski definition) is 1. The molecule has 0 aromatic carbocycles. The van der Waals surface area contributed by atoms with Gasteiger partial charge in [0.1, 0.15) is 0 Å². The van der Waals surface area contributed by atoms with E-state index in [1.54, 1.807) is 13.3 Å². The lowest BCUT2D eigenvalue weighted by atomic mass is 10.2. The molecular formula is C13H18N4O. The summed E-state index contributed by atoms with van der Waals surface area (Å²) in [6, 6.07) is 3.92. The molecule has 0 bridgehead atoms. The molecule has 0 amide bonds. The summed E-state index contributed by atoms with van der Waals surface area (Å²) >= 11 is 0. The van der Waals surface area contributed by atoms with Crippen molar-refractivity contribution in [3.8, 4) is 5.88 Å². The predicted molar refractivity (Wildman–Crippen MR) is 69.3 cm³/mol. The van der Waals surface area contributed by atoms with Crippen LogP contribution in [-0.2, 0) is 20.1 Å². The Kier molecular flexibility index (Phi) is 3.94. The van der Waals surface area contributed by atoms with Crippen LogP contribution in [0.2, 0.25) is 0 Å². The first-order chi connectivity index (χ1) is 8.70. The molecule has 0 fully saturated rings. The zero-order chi connectivity index (χ0) is 13.0. The molecule has 0 unspecified atom stereocenters. The first-order valence-corrected chi connectivity index (χ1v) is 5.88. The number of nitrogens with one attached hydrogen (secondary N) is 1. The molecule has 2 heterocycles. The summed E-state index contributed by atoms with van der Waals surface area (Å²) in [4.78, 5) is 4.17. The van der Waals surface area contributed by atoms with Crippen molar-refractivity contribution in [1.29, 1.82) is 0 Å². The SMILES string of the molecule is COc1ncccc1CNCc1cn(C)nc1C. The topological polar surface area (TPSA) is 52.0 Å². The van der Waals surface area contributed by atoms with E-state index in [1.807, 2.05) is 37.0 Å². The van der Waals surface area contributed by atoms with E-state index < -0.39 is 0 Å². The Morgan fingerprint density at radius 1 is 1.33 bits per heavy atom. The van der Waals surface area contributed by atoms with E-state index in [4.69, 9.17) is 4.74 Å². The molecule has 0 spiro atoms. The molecule has 0 atom stereocenters. The fourth-order valence-electron chi connectivity index (χ4n) is 1.90. The maximum Gasteiger partial charge on any atom is 0.217 e. The first kappa shape index (κ1) is 12.6. The van der Waals surface area contributed by atoms with Crippen molar-refractivity contribution in [3.05, 3.63) is 41.3 Å². The van der Waals surface area contributed by atoms with Crippen molar-refractivity contribution in [2.75, 3.05) is 7.11 Å². The van der Waals surface area contributed by atoms with Crippen molar-refractivity contribution in [1.82, 2.24) is 20.1 Å². The third-order valence-electron chi connectivity index (χ3n) is 2.79. The number of pyridine rings is 1. The highest BCUT2D eigenvalue weighted by Gasteiger charge is 2.05. The molecule has 1 N–H and O–H groups in total. The van der Waals surface area contributed by atoms with Gasteiger partial charge in [-0.3, -0.25) is 4.68 Å². The van der Waals surface area contributed by atoms with Crippen molar-refractivity contribution in [3.63, 3.8) is 0 Å². The van der Waals surface area contributed by atoms with Gasteiger partial charge in [-0.15, -0.1) is 0 Å². The molecule has 5 nitrogen and oxygen atoms in total. The largest absolute Gasteiger partial charge is 0.481 e. The molecule has 18 heavy (non-hydrogen) atoms. The lowest BCUT2D eigenvalue weighted by Crippen LogP contribution is -2.14. The lowest BCUT2D eigenvalue weighted by molar-refractivity contribution is 0.390. The molecule has 0 aliphatic carbocycles. The van der Waals surface area contributed by atoms with Crippen LogP contribution >= 0.6 is 0 Å². The Hall–Kier alpha value is -1.88. The van der Waals surface area contributed by atoms with E-state index in [0.717, 1.165) is 24.3 Å². The van der Waals surface area contributed by atoms with E-state index in [2.05, 4.69) is 15.4 Å². The normalized spacial score (nSPS) is 10.6. The lowest BCUT2D eigenvalue weighted by Gasteiger charge is -2.07. The fraction of sp³-hybridized carbons (Fsp3) is 0.385. The van der Waals surface area contributed by atoms with Gasteiger partial charge in [-0.2, -0.15) is 5.10 Å². The minimum Gasteiger partial charge on any atom is -0.481 e. The third kappa shape index (κ3) is 2.87. The zero-order valence-corrected chi connectivity index (χ0v) is 11.0. The Morgan fingerprint density at radius 2 is 2.11 bits per heavy atom. The summed E-state index contributed by atoms with van der Waals surface area (Å²) in [6.07, 6.45) is 3.76. The molecular weight excluding hydrogens is 228 g/mol. The van der Waals surface area contributed by atoms with E-state index in [1.165, 1.54) is 5.56 Å². The van der Waals surface area contributed by atoms with Crippen molar-refractivity contribution < 1.29 is 4.74 Å². The number of nitrogens with zero attached hydrogens (tertiary/aromatic N) is 3. The molecule has 96 valence electrons. The van der Waals surface area contributed by atoms with Crippen LogP contribution in [0.1, 0.15) is 16.8 Å². The summed E-state index contributed by atoms with van der Waals surface area (Å²) in [5, 5.41) is 7.68. The highest BCUT2D eigenvalue weighted by molar-refractivity contribution is 5.25. The summed E-state index contributed by atoms with van der Waals surface area (Å²) in [6.45, 7) is 3.53. The fourth-order valence-corrected chi connectivity index (χ4v) is 1.90. The van der Waals surface area contributed by atoms with E-state index in [-0.39, 0.29) is 0 Å². The molecule has 0 radical (unpaired) electrons. The van der Waals surface area contributed by atoms with Crippen molar-refractivity contribution >= 4 is 0 Å².